The zero-order valence-electron chi connectivity index (χ0n) is 9.38. The molecule has 1 heterocycles. The van der Waals surface area contributed by atoms with Gasteiger partial charge in [0, 0.05) is 11.3 Å². The van der Waals surface area contributed by atoms with Crippen LogP contribution in [-0.2, 0) is 4.74 Å². The average Bonchev–Trinajstić information content (AvgIpc) is 2.20. The van der Waals surface area contributed by atoms with Crippen molar-refractivity contribution in [3.8, 4) is 0 Å². The molecule has 3 nitrogen and oxygen atoms in total. The Balaban J connectivity index is 3.15. The lowest BCUT2D eigenvalue weighted by atomic mass is 10.1. The number of halogens is 2. The number of pyridine rings is 1. The third-order valence-corrected chi connectivity index (χ3v) is 2.15. The molecule has 0 bridgehead atoms. The van der Waals surface area contributed by atoms with Crippen molar-refractivity contribution >= 4 is 5.97 Å². The predicted octanol–water partition coefficient (Wildman–Crippen LogP) is 2.81. The smallest absolute Gasteiger partial charge is 0.357 e. The SMILES string of the molecule is CCOC(=O)c1nc(C)c(C(F)F)cc1C. The van der Waals surface area contributed by atoms with Crippen molar-refractivity contribution in [2.75, 3.05) is 6.61 Å². The first-order valence-electron chi connectivity index (χ1n) is 4.90. The zero-order chi connectivity index (χ0) is 12.3. The fraction of sp³-hybridized carbons (Fsp3) is 0.455. The van der Waals surface area contributed by atoms with E-state index in [1.165, 1.54) is 13.0 Å². The minimum atomic E-state index is -2.58. The van der Waals surface area contributed by atoms with Crippen LogP contribution in [0.25, 0.3) is 0 Å². The topological polar surface area (TPSA) is 39.2 Å². The number of nitrogens with zero attached hydrogens (tertiary/aromatic N) is 1. The van der Waals surface area contributed by atoms with Crippen LogP contribution >= 0.6 is 0 Å². The Kier molecular flexibility index (Phi) is 3.93. The first-order valence-corrected chi connectivity index (χ1v) is 4.90. The molecule has 0 amide bonds. The number of aryl methyl sites for hydroxylation is 2. The van der Waals surface area contributed by atoms with Gasteiger partial charge in [0.1, 0.15) is 0 Å². The molecule has 0 radical (unpaired) electrons. The van der Waals surface area contributed by atoms with Gasteiger partial charge in [-0.1, -0.05) is 0 Å². The van der Waals surface area contributed by atoms with Gasteiger partial charge in [-0.05, 0) is 32.4 Å². The first-order chi connectivity index (χ1) is 7.47. The molecule has 1 rings (SSSR count). The Hall–Kier alpha value is -1.52. The van der Waals surface area contributed by atoms with Crippen molar-refractivity contribution in [1.82, 2.24) is 4.98 Å². The van der Waals surface area contributed by atoms with E-state index < -0.39 is 12.4 Å². The van der Waals surface area contributed by atoms with Crippen molar-refractivity contribution < 1.29 is 18.3 Å². The van der Waals surface area contributed by atoms with Crippen LogP contribution in [0, 0.1) is 13.8 Å². The third-order valence-electron chi connectivity index (χ3n) is 2.15. The lowest BCUT2D eigenvalue weighted by molar-refractivity contribution is 0.0517. The van der Waals surface area contributed by atoms with Crippen LogP contribution in [0.1, 0.15) is 40.7 Å². The van der Waals surface area contributed by atoms with E-state index in [1.807, 2.05) is 0 Å². The second-order valence-corrected chi connectivity index (χ2v) is 3.35. The summed E-state index contributed by atoms with van der Waals surface area (Å²) in [6.45, 7) is 4.91. The lowest BCUT2D eigenvalue weighted by Gasteiger charge is -2.09. The summed E-state index contributed by atoms with van der Waals surface area (Å²) >= 11 is 0. The standard InChI is InChI=1S/C11H13F2NO2/c1-4-16-11(15)9-6(2)5-8(10(12)13)7(3)14-9/h5,10H,4H2,1-3H3. The van der Waals surface area contributed by atoms with Crippen LogP contribution in [0.3, 0.4) is 0 Å². The number of alkyl halides is 2. The normalized spacial score (nSPS) is 10.6. The molecule has 0 unspecified atom stereocenters. The van der Waals surface area contributed by atoms with E-state index in [1.54, 1.807) is 13.8 Å². The number of aromatic nitrogens is 1. The number of ether oxygens (including phenoxy) is 1. The van der Waals surface area contributed by atoms with Gasteiger partial charge in [-0.25, -0.2) is 18.6 Å². The van der Waals surface area contributed by atoms with E-state index in [9.17, 15) is 13.6 Å². The summed E-state index contributed by atoms with van der Waals surface area (Å²) in [5.41, 5.74) is 0.511. The average molecular weight is 229 g/mol. The van der Waals surface area contributed by atoms with Crippen molar-refractivity contribution in [3.05, 3.63) is 28.6 Å². The van der Waals surface area contributed by atoms with E-state index >= 15 is 0 Å². The van der Waals surface area contributed by atoms with E-state index in [2.05, 4.69) is 4.98 Å². The highest BCUT2D eigenvalue weighted by Gasteiger charge is 2.18. The Morgan fingerprint density at radius 3 is 2.62 bits per heavy atom. The van der Waals surface area contributed by atoms with Gasteiger partial charge in [0.05, 0.1) is 6.61 Å². The summed E-state index contributed by atoms with van der Waals surface area (Å²) in [5.74, 6) is -0.580. The highest BCUT2D eigenvalue weighted by Crippen LogP contribution is 2.23. The van der Waals surface area contributed by atoms with Crippen molar-refractivity contribution in [2.24, 2.45) is 0 Å². The molecule has 5 heteroatoms. The van der Waals surface area contributed by atoms with E-state index in [0.717, 1.165) is 0 Å². The van der Waals surface area contributed by atoms with Crippen LogP contribution < -0.4 is 0 Å². The number of rotatable bonds is 3. The fourth-order valence-corrected chi connectivity index (χ4v) is 1.35. The number of hydrogen-bond acceptors (Lipinski definition) is 3. The Morgan fingerprint density at radius 1 is 1.50 bits per heavy atom. The summed E-state index contributed by atoms with van der Waals surface area (Å²) in [6.07, 6.45) is -2.58. The summed E-state index contributed by atoms with van der Waals surface area (Å²) < 4.78 is 29.8. The summed E-state index contributed by atoms with van der Waals surface area (Å²) in [5, 5.41) is 0. The minimum Gasteiger partial charge on any atom is -0.461 e. The molecule has 0 aliphatic rings. The van der Waals surface area contributed by atoms with Crippen LogP contribution in [0.5, 0.6) is 0 Å². The number of hydrogen-bond donors (Lipinski definition) is 0. The van der Waals surface area contributed by atoms with E-state index in [4.69, 9.17) is 4.74 Å². The van der Waals surface area contributed by atoms with Gasteiger partial charge in [-0.3, -0.25) is 0 Å². The molecule has 1 aromatic heterocycles. The Labute approximate surface area is 92.4 Å². The molecule has 0 fully saturated rings. The lowest BCUT2D eigenvalue weighted by Crippen LogP contribution is -2.11. The van der Waals surface area contributed by atoms with Crippen LogP contribution in [0.2, 0.25) is 0 Å². The quantitative estimate of drug-likeness (QED) is 0.748. The monoisotopic (exact) mass is 229 g/mol. The molecule has 0 saturated carbocycles. The molecule has 0 aliphatic heterocycles. The third kappa shape index (κ3) is 2.53. The highest BCUT2D eigenvalue weighted by molar-refractivity contribution is 5.88. The Bertz CT molecular complexity index is 405. The van der Waals surface area contributed by atoms with Crippen molar-refractivity contribution in [1.29, 1.82) is 0 Å². The molecule has 0 N–H and O–H groups in total. The van der Waals surface area contributed by atoms with Crippen LogP contribution in [0.15, 0.2) is 6.07 Å². The molecule has 0 aliphatic carbocycles. The Morgan fingerprint density at radius 2 is 2.12 bits per heavy atom. The van der Waals surface area contributed by atoms with Gasteiger partial charge in [-0.15, -0.1) is 0 Å². The van der Waals surface area contributed by atoms with Crippen molar-refractivity contribution in [2.45, 2.75) is 27.2 Å². The van der Waals surface area contributed by atoms with Gasteiger partial charge in [-0.2, -0.15) is 0 Å². The number of carbonyl (C=O) groups excluding carboxylic acids is 1. The van der Waals surface area contributed by atoms with Gasteiger partial charge in [0.25, 0.3) is 6.43 Å². The second-order valence-electron chi connectivity index (χ2n) is 3.35. The molecule has 88 valence electrons. The van der Waals surface area contributed by atoms with Crippen molar-refractivity contribution in [3.63, 3.8) is 0 Å². The molecular formula is C11H13F2NO2. The van der Waals surface area contributed by atoms with Crippen LogP contribution in [0.4, 0.5) is 8.78 Å². The minimum absolute atomic E-state index is 0.101. The number of esters is 1. The highest BCUT2D eigenvalue weighted by atomic mass is 19.3. The van der Waals surface area contributed by atoms with Gasteiger partial charge < -0.3 is 4.74 Å². The molecule has 0 spiro atoms. The van der Waals surface area contributed by atoms with Gasteiger partial charge in [0.15, 0.2) is 5.69 Å². The molecular weight excluding hydrogens is 216 g/mol. The second kappa shape index (κ2) is 5.01. The maximum absolute atomic E-state index is 12.5. The van der Waals surface area contributed by atoms with E-state index in [0.29, 0.717) is 5.56 Å². The predicted molar refractivity (Wildman–Crippen MR) is 54.6 cm³/mol. The van der Waals surface area contributed by atoms with Gasteiger partial charge >= 0.3 is 5.97 Å². The summed E-state index contributed by atoms with van der Waals surface area (Å²) in [4.78, 5) is 15.3. The maximum Gasteiger partial charge on any atom is 0.357 e. The molecule has 16 heavy (non-hydrogen) atoms. The molecule has 1 aromatic rings. The van der Waals surface area contributed by atoms with Crippen LogP contribution in [-0.4, -0.2) is 17.6 Å². The first kappa shape index (κ1) is 12.5. The molecule has 0 aromatic carbocycles. The van der Waals surface area contributed by atoms with Gasteiger partial charge in [0.2, 0.25) is 0 Å². The largest absolute Gasteiger partial charge is 0.461 e. The summed E-state index contributed by atoms with van der Waals surface area (Å²) in [7, 11) is 0. The molecule has 0 atom stereocenters. The summed E-state index contributed by atoms with van der Waals surface area (Å²) in [6, 6.07) is 1.28. The molecule has 0 saturated heterocycles. The van der Waals surface area contributed by atoms with E-state index in [-0.39, 0.29) is 23.6 Å². The zero-order valence-corrected chi connectivity index (χ0v) is 9.38. The fourth-order valence-electron chi connectivity index (χ4n) is 1.35. The number of carbonyl (C=O) groups is 1. The maximum atomic E-state index is 12.5.